The minimum Gasteiger partial charge on any atom is -0.358 e. The van der Waals surface area contributed by atoms with Crippen LogP contribution < -0.4 is 10.6 Å². The van der Waals surface area contributed by atoms with E-state index in [4.69, 9.17) is 4.98 Å². The lowest BCUT2D eigenvalue weighted by atomic mass is 9.94. The van der Waals surface area contributed by atoms with Gasteiger partial charge in [-0.3, -0.25) is 0 Å². The first-order valence-corrected chi connectivity index (χ1v) is 11.7. The molecule has 1 saturated heterocycles. The number of piperidine rings is 1. The maximum atomic E-state index is 13.4. The van der Waals surface area contributed by atoms with E-state index in [1.807, 2.05) is 6.07 Å². The molecule has 8 heteroatoms. The molecule has 1 aromatic carbocycles. The van der Waals surface area contributed by atoms with Crippen molar-refractivity contribution in [2.45, 2.75) is 56.7 Å². The number of alkyl halides is 3. The molecule has 5 rings (SSSR count). The van der Waals surface area contributed by atoms with Crippen LogP contribution >= 0.6 is 0 Å². The van der Waals surface area contributed by atoms with Crippen LogP contribution in [-0.4, -0.2) is 34.1 Å². The van der Waals surface area contributed by atoms with Gasteiger partial charge in [-0.1, -0.05) is 25.0 Å². The highest BCUT2D eigenvalue weighted by atomic mass is 19.4. The summed E-state index contributed by atoms with van der Waals surface area (Å²) >= 11 is 0. The van der Waals surface area contributed by atoms with Crippen molar-refractivity contribution < 1.29 is 13.2 Å². The fourth-order valence-corrected chi connectivity index (χ4v) is 4.94. The highest BCUT2D eigenvalue weighted by Gasteiger charge is 2.31. The zero-order valence-electron chi connectivity index (χ0n) is 18.4. The lowest BCUT2D eigenvalue weighted by Gasteiger charge is -2.21. The number of aromatic amines is 1. The second kappa shape index (κ2) is 9.17. The van der Waals surface area contributed by atoms with Gasteiger partial charge in [0.05, 0.1) is 17.0 Å². The molecular weight excluding hydrogens is 427 g/mol. The van der Waals surface area contributed by atoms with Gasteiger partial charge >= 0.3 is 6.18 Å². The second-order valence-corrected chi connectivity index (χ2v) is 9.01. The molecule has 0 spiro atoms. The summed E-state index contributed by atoms with van der Waals surface area (Å²) in [6, 6.07) is 9.75. The fraction of sp³-hybridized carbons (Fsp3) is 0.440. The van der Waals surface area contributed by atoms with Gasteiger partial charge in [0, 0.05) is 29.4 Å². The van der Waals surface area contributed by atoms with Gasteiger partial charge in [-0.05, 0) is 68.6 Å². The summed E-state index contributed by atoms with van der Waals surface area (Å²) in [4.78, 5) is 12.6. The predicted octanol–water partition coefficient (Wildman–Crippen LogP) is 5.98. The molecule has 5 nitrogen and oxygen atoms in total. The van der Waals surface area contributed by atoms with Gasteiger partial charge in [-0.2, -0.15) is 13.2 Å². The summed E-state index contributed by atoms with van der Waals surface area (Å²) in [6.45, 7) is 1.86. The zero-order chi connectivity index (χ0) is 22.8. The number of hydrogen-bond acceptors (Lipinski definition) is 4. The van der Waals surface area contributed by atoms with Crippen molar-refractivity contribution in [3.63, 3.8) is 0 Å². The molecule has 3 N–H and O–H groups in total. The highest BCUT2D eigenvalue weighted by Crippen LogP contribution is 2.38. The van der Waals surface area contributed by atoms with Gasteiger partial charge in [-0.25, -0.2) is 9.97 Å². The number of halogens is 3. The third-order valence-electron chi connectivity index (χ3n) is 6.72. The predicted molar refractivity (Wildman–Crippen MR) is 123 cm³/mol. The Kier molecular flexibility index (Phi) is 6.10. The maximum Gasteiger partial charge on any atom is 0.416 e. The van der Waals surface area contributed by atoms with Crippen molar-refractivity contribution in [1.29, 1.82) is 0 Å². The Morgan fingerprint density at radius 2 is 1.76 bits per heavy atom. The molecule has 0 radical (unpaired) electrons. The van der Waals surface area contributed by atoms with E-state index in [2.05, 4.69) is 26.7 Å². The van der Waals surface area contributed by atoms with Crippen LogP contribution in [0.25, 0.3) is 22.5 Å². The normalized spacial score (nSPS) is 18.0. The number of nitrogens with zero attached hydrogens (tertiary/aromatic N) is 2. The molecule has 2 aromatic heterocycles. The topological polar surface area (TPSA) is 65.6 Å². The first kappa shape index (κ1) is 21.9. The maximum absolute atomic E-state index is 13.4. The Bertz CT molecular complexity index is 1100. The Balaban J connectivity index is 1.55. The highest BCUT2D eigenvalue weighted by molar-refractivity contribution is 5.81. The SMILES string of the molecule is FC(F)(F)c1cccc(-c2[nH]c(C3CCNCC3)cc2-c2ccnc(NC3CCCC3)n2)c1. The van der Waals surface area contributed by atoms with E-state index in [1.165, 1.54) is 25.0 Å². The number of aromatic nitrogens is 3. The first-order chi connectivity index (χ1) is 16.0. The number of H-pyrrole nitrogens is 1. The molecule has 33 heavy (non-hydrogen) atoms. The summed E-state index contributed by atoms with van der Waals surface area (Å²) in [5.41, 5.74) is 3.07. The minimum atomic E-state index is -4.39. The fourth-order valence-electron chi connectivity index (χ4n) is 4.94. The van der Waals surface area contributed by atoms with Gasteiger partial charge in [0.25, 0.3) is 0 Å². The molecule has 3 aromatic rings. The molecule has 0 atom stereocenters. The number of hydrogen-bond donors (Lipinski definition) is 3. The Morgan fingerprint density at radius 3 is 2.52 bits per heavy atom. The van der Waals surface area contributed by atoms with E-state index < -0.39 is 11.7 Å². The Morgan fingerprint density at radius 1 is 0.970 bits per heavy atom. The van der Waals surface area contributed by atoms with Crippen molar-refractivity contribution in [2.24, 2.45) is 0 Å². The van der Waals surface area contributed by atoms with Crippen LogP contribution in [0.3, 0.4) is 0 Å². The minimum absolute atomic E-state index is 0.336. The van der Waals surface area contributed by atoms with Crippen LogP contribution in [-0.2, 0) is 6.18 Å². The molecule has 1 saturated carbocycles. The van der Waals surface area contributed by atoms with Crippen LogP contribution in [0.4, 0.5) is 19.1 Å². The largest absolute Gasteiger partial charge is 0.416 e. The van der Waals surface area contributed by atoms with Crippen LogP contribution in [0.2, 0.25) is 0 Å². The van der Waals surface area contributed by atoms with E-state index in [0.717, 1.165) is 56.1 Å². The first-order valence-electron chi connectivity index (χ1n) is 11.7. The number of anilines is 1. The van der Waals surface area contributed by atoms with Gasteiger partial charge in [-0.15, -0.1) is 0 Å². The Labute approximate surface area is 191 Å². The van der Waals surface area contributed by atoms with Gasteiger partial charge in [0.1, 0.15) is 0 Å². The summed E-state index contributed by atoms with van der Waals surface area (Å²) < 4.78 is 40.2. The van der Waals surface area contributed by atoms with E-state index in [0.29, 0.717) is 34.9 Å². The second-order valence-electron chi connectivity index (χ2n) is 9.01. The zero-order valence-corrected chi connectivity index (χ0v) is 18.4. The van der Waals surface area contributed by atoms with E-state index >= 15 is 0 Å². The molecule has 0 amide bonds. The van der Waals surface area contributed by atoms with Crippen molar-refractivity contribution in [3.8, 4) is 22.5 Å². The summed E-state index contributed by atoms with van der Waals surface area (Å²) in [7, 11) is 0. The van der Waals surface area contributed by atoms with Gasteiger partial charge < -0.3 is 15.6 Å². The van der Waals surface area contributed by atoms with Crippen molar-refractivity contribution in [2.75, 3.05) is 18.4 Å². The molecule has 0 bridgehead atoms. The van der Waals surface area contributed by atoms with Crippen molar-refractivity contribution in [1.82, 2.24) is 20.3 Å². The van der Waals surface area contributed by atoms with Crippen LogP contribution in [0, 0.1) is 0 Å². The van der Waals surface area contributed by atoms with E-state index in [1.54, 1.807) is 12.3 Å². The van der Waals surface area contributed by atoms with Crippen LogP contribution in [0.1, 0.15) is 55.7 Å². The molecule has 1 aliphatic heterocycles. The number of nitrogens with one attached hydrogen (secondary N) is 3. The summed E-state index contributed by atoms with van der Waals surface area (Å²) in [5.74, 6) is 0.904. The average molecular weight is 456 g/mol. The van der Waals surface area contributed by atoms with Gasteiger partial charge in [0.15, 0.2) is 0 Å². The van der Waals surface area contributed by atoms with E-state index in [9.17, 15) is 13.2 Å². The van der Waals surface area contributed by atoms with Crippen molar-refractivity contribution in [3.05, 3.63) is 53.9 Å². The molecule has 1 aliphatic carbocycles. The molecule has 174 valence electrons. The quantitative estimate of drug-likeness (QED) is 0.443. The van der Waals surface area contributed by atoms with Gasteiger partial charge in [0.2, 0.25) is 5.95 Å². The smallest absolute Gasteiger partial charge is 0.358 e. The Hall–Kier alpha value is -2.87. The molecule has 2 aliphatic rings. The summed E-state index contributed by atoms with van der Waals surface area (Å²) in [6.07, 6.45) is 3.91. The third kappa shape index (κ3) is 4.90. The molecule has 2 fully saturated rings. The summed E-state index contributed by atoms with van der Waals surface area (Å²) in [5, 5.41) is 6.79. The number of rotatable bonds is 5. The standard InChI is InChI=1S/C25H28F3N5/c26-25(27,28)18-5-3-4-17(14-18)23-20(15-22(32-23)16-8-11-29-12-9-16)21-10-13-30-24(33-21)31-19-6-1-2-7-19/h3-5,10,13-16,19,29,32H,1-2,6-9,11-12H2,(H,30,31,33). The van der Waals surface area contributed by atoms with Crippen LogP contribution in [0.5, 0.6) is 0 Å². The van der Waals surface area contributed by atoms with Crippen molar-refractivity contribution >= 4 is 5.95 Å². The molecular formula is C25H28F3N5. The molecule has 3 heterocycles. The lowest BCUT2D eigenvalue weighted by Crippen LogP contribution is -2.26. The third-order valence-corrected chi connectivity index (χ3v) is 6.72. The van der Waals surface area contributed by atoms with E-state index in [-0.39, 0.29) is 0 Å². The number of benzene rings is 1. The van der Waals surface area contributed by atoms with Crippen LogP contribution in [0.15, 0.2) is 42.6 Å². The molecule has 0 unspecified atom stereocenters. The average Bonchev–Trinajstić information content (AvgIpc) is 3.50. The lowest BCUT2D eigenvalue weighted by molar-refractivity contribution is -0.137. The monoisotopic (exact) mass is 455 g/mol.